The Morgan fingerprint density at radius 2 is 2.19 bits per heavy atom. The van der Waals surface area contributed by atoms with Gasteiger partial charge in [-0.1, -0.05) is 53.9 Å². The second-order valence-electron chi connectivity index (χ2n) is 6.10. The van der Waals surface area contributed by atoms with Gasteiger partial charge in [0.05, 0.1) is 18.8 Å². The van der Waals surface area contributed by atoms with Gasteiger partial charge >= 0.3 is 0 Å². The lowest BCUT2D eigenvalue weighted by Gasteiger charge is -2.27. The molecule has 1 aromatic carbocycles. The zero-order valence-electron chi connectivity index (χ0n) is 12.7. The molecule has 118 valence electrons. The minimum atomic E-state index is -0.440. The average Bonchev–Trinajstić information content (AvgIpc) is 2.47. The summed E-state index contributed by atoms with van der Waals surface area (Å²) in [6.45, 7) is 4.02. The van der Waals surface area contributed by atoms with Gasteiger partial charge in [-0.25, -0.2) is 0 Å². The van der Waals surface area contributed by atoms with Crippen molar-refractivity contribution in [1.29, 1.82) is 0 Å². The van der Waals surface area contributed by atoms with Crippen LogP contribution in [-0.4, -0.2) is 30.5 Å². The standard InChI is InChI=1S/C17H26BrNO2/c1-13-5-4-7-16(9-13)21-12-15(20)11-19-10-14-6-2-3-8-17(14)18/h2-3,6,8,13,15-16,19-20H,4-5,7,9-12H2,1H3. The van der Waals surface area contributed by atoms with Gasteiger partial charge in [0.15, 0.2) is 0 Å². The fourth-order valence-electron chi connectivity index (χ4n) is 2.85. The largest absolute Gasteiger partial charge is 0.389 e. The first kappa shape index (κ1) is 16.9. The minimum Gasteiger partial charge on any atom is -0.389 e. The highest BCUT2D eigenvalue weighted by Gasteiger charge is 2.20. The van der Waals surface area contributed by atoms with Crippen molar-refractivity contribution in [3.05, 3.63) is 34.3 Å². The van der Waals surface area contributed by atoms with Gasteiger partial charge in [-0.05, 0) is 30.4 Å². The van der Waals surface area contributed by atoms with Crippen molar-refractivity contribution in [1.82, 2.24) is 5.32 Å². The molecule has 0 saturated heterocycles. The Balaban J connectivity index is 1.61. The molecular weight excluding hydrogens is 330 g/mol. The topological polar surface area (TPSA) is 41.5 Å². The third kappa shape index (κ3) is 6.07. The second kappa shape index (κ2) is 8.89. The lowest BCUT2D eigenvalue weighted by molar-refractivity contribution is -0.0306. The summed E-state index contributed by atoms with van der Waals surface area (Å²) < 4.78 is 6.94. The molecule has 3 atom stereocenters. The Bertz CT molecular complexity index is 427. The van der Waals surface area contributed by atoms with E-state index in [1.807, 2.05) is 18.2 Å². The van der Waals surface area contributed by atoms with Crippen LogP contribution in [0, 0.1) is 5.92 Å². The van der Waals surface area contributed by atoms with Gasteiger partial charge in [-0.15, -0.1) is 0 Å². The third-order valence-electron chi connectivity index (χ3n) is 4.07. The summed E-state index contributed by atoms with van der Waals surface area (Å²) in [7, 11) is 0. The van der Waals surface area contributed by atoms with Crippen LogP contribution in [-0.2, 0) is 11.3 Å². The predicted octanol–water partition coefficient (Wildman–Crippen LogP) is 3.49. The molecule has 21 heavy (non-hydrogen) atoms. The van der Waals surface area contributed by atoms with Crippen LogP contribution in [0.25, 0.3) is 0 Å². The van der Waals surface area contributed by atoms with Crippen LogP contribution in [0.4, 0.5) is 0 Å². The van der Waals surface area contributed by atoms with E-state index in [4.69, 9.17) is 4.74 Å². The highest BCUT2D eigenvalue weighted by Crippen LogP contribution is 2.25. The molecule has 1 aliphatic carbocycles. The van der Waals surface area contributed by atoms with E-state index in [1.165, 1.54) is 18.4 Å². The number of aliphatic hydroxyl groups excluding tert-OH is 1. The molecule has 0 spiro atoms. The molecule has 3 nitrogen and oxygen atoms in total. The molecular formula is C17H26BrNO2. The summed E-state index contributed by atoms with van der Waals surface area (Å²) in [4.78, 5) is 0. The van der Waals surface area contributed by atoms with E-state index in [9.17, 15) is 5.11 Å². The normalized spacial score (nSPS) is 24.0. The first-order chi connectivity index (χ1) is 10.1. The number of halogens is 1. The van der Waals surface area contributed by atoms with E-state index in [0.717, 1.165) is 29.8 Å². The summed E-state index contributed by atoms with van der Waals surface area (Å²) in [6.07, 6.45) is 4.74. The first-order valence-corrected chi connectivity index (χ1v) is 8.68. The lowest BCUT2D eigenvalue weighted by atomic mass is 9.89. The van der Waals surface area contributed by atoms with Gasteiger partial charge in [0.1, 0.15) is 0 Å². The minimum absolute atomic E-state index is 0.340. The molecule has 0 aromatic heterocycles. The third-order valence-corrected chi connectivity index (χ3v) is 4.84. The quantitative estimate of drug-likeness (QED) is 0.786. The first-order valence-electron chi connectivity index (χ1n) is 7.89. The van der Waals surface area contributed by atoms with Gasteiger partial charge in [-0.3, -0.25) is 0 Å². The number of aliphatic hydroxyl groups is 1. The molecule has 0 radical (unpaired) electrons. The van der Waals surface area contributed by atoms with Crippen LogP contribution in [0.1, 0.15) is 38.2 Å². The molecule has 1 fully saturated rings. The zero-order valence-corrected chi connectivity index (χ0v) is 14.3. The number of rotatable bonds is 7. The molecule has 0 aliphatic heterocycles. The maximum absolute atomic E-state index is 9.99. The van der Waals surface area contributed by atoms with Gasteiger partial charge in [0.2, 0.25) is 0 Å². The maximum Gasteiger partial charge on any atom is 0.0897 e. The van der Waals surface area contributed by atoms with Gasteiger partial charge in [-0.2, -0.15) is 0 Å². The molecule has 2 rings (SSSR count). The van der Waals surface area contributed by atoms with Gasteiger partial charge < -0.3 is 15.2 Å². The molecule has 1 saturated carbocycles. The molecule has 4 heteroatoms. The number of hydrogen-bond acceptors (Lipinski definition) is 3. The molecule has 0 heterocycles. The Morgan fingerprint density at radius 1 is 1.38 bits per heavy atom. The summed E-state index contributed by atoms with van der Waals surface area (Å²) in [6, 6.07) is 8.12. The maximum atomic E-state index is 9.99. The van der Waals surface area contributed by atoms with E-state index < -0.39 is 6.10 Å². The molecule has 0 bridgehead atoms. The summed E-state index contributed by atoms with van der Waals surface area (Å²) in [5.74, 6) is 0.759. The lowest BCUT2D eigenvalue weighted by Crippen LogP contribution is -2.33. The van der Waals surface area contributed by atoms with Gasteiger partial charge in [0.25, 0.3) is 0 Å². The van der Waals surface area contributed by atoms with Crippen LogP contribution < -0.4 is 5.32 Å². The van der Waals surface area contributed by atoms with E-state index in [2.05, 4.69) is 34.2 Å². The van der Waals surface area contributed by atoms with Crippen LogP contribution >= 0.6 is 15.9 Å². The van der Waals surface area contributed by atoms with Crippen molar-refractivity contribution >= 4 is 15.9 Å². The van der Waals surface area contributed by atoms with Crippen molar-refractivity contribution < 1.29 is 9.84 Å². The van der Waals surface area contributed by atoms with E-state index in [-0.39, 0.29) is 0 Å². The molecule has 0 amide bonds. The summed E-state index contributed by atoms with van der Waals surface area (Å²) in [5.41, 5.74) is 1.20. The van der Waals surface area contributed by atoms with E-state index in [1.54, 1.807) is 0 Å². The van der Waals surface area contributed by atoms with Crippen LogP contribution in [0.2, 0.25) is 0 Å². The highest BCUT2D eigenvalue weighted by atomic mass is 79.9. The van der Waals surface area contributed by atoms with Crippen LogP contribution in [0.5, 0.6) is 0 Å². The Hall–Kier alpha value is -0.420. The Morgan fingerprint density at radius 3 is 2.95 bits per heavy atom. The van der Waals surface area contributed by atoms with Crippen molar-refractivity contribution in [2.24, 2.45) is 5.92 Å². The molecule has 1 aliphatic rings. The van der Waals surface area contributed by atoms with Crippen molar-refractivity contribution in [3.63, 3.8) is 0 Å². The fourth-order valence-corrected chi connectivity index (χ4v) is 3.28. The zero-order chi connectivity index (χ0) is 15.1. The smallest absolute Gasteiger partial charge is 0.0897 e. The van der Waals surface area contributed by atoms with Gasteiger partial charge in [0, 0.05) is 17.6 Å². The highest BCUT2D eigenvalue weighted by molar-refractivity contribution is 9.10. The average molecular weight is 356 g/mol. The van der Waals surface area contributed by atoms with Crippen molar-refractivity contribution in [3.8, 4) is 0 Å². The number of hydrogen-bond donors (Lipinski definition) is 2. The van der Waals surface area contributed by atoms with Crippen LogP contribution in [0.3, 0.4) is 0 Å². The number of benzene rings is 1. The molecule has 3 unspecified atom stereocenters. The van der Waals surface area contributed by atoms with Crippen molar-refractivity contribution in [2.45, 2.75) is 51.4 Å². The summed E-state index contributed by atoms with van der Waals surface area (Å²) in [5, 5.41) is 13.3. The Kier molecular flexibility index (Phi) is 7.17. The van der Waals surface area contributed by atoms with E-state index >= 15 is 0 Å². The second-order valence-corrected chi connectivity index (χ2v) is 6.96. The fraction of sp³-hybridized carbons (Fsp3) is 0.647. The van der Waals surface area contributed by atoms with E-state index in [0.29, 0.717) is 19.3 Å². The Labute approximate surface area is 136 Å². The molecule has 2 N–H and O–H groups in total. The monoisotopic (exact) mass is 355 g/mol. The van der Waals surface area contributed by atoms with Crippen molar-refractivity contribution in [2.75, 3.05) is 13.2 Å². The molecule has 1 aromatic rings. The predicted molar refractivity (Wildman–Crippen MR) is 89.2 cm³/mol. The van der Waals surface area contributed by atoms with Crippen LogP contribution in [0.15, 0.2) is 28.7 Å². The summed E-state index contributed by atoms with van der Waals surface area (Å²) >= 11 is 3.52. The number of ether oxygens (including phenoxy) is 1. The SMILES string of the molecule is CC1CCCC(OCC(O)CNCc2ccccc2Br)C1. The number of nitrogens with one attached hydrogen (secondary N) is 1.